The fourth-order valence-corrected chi connectivity index (χ4v) is 2.68. The Bertz CT molecular complexity index is 440. The normalized spacial score (nSPS) is 22.7. The van der Waals surface area contributed by atoms with Gasteiger partial charge in [-0.1, -0.05) is 19.3 Å². The second-order valence-electron chi connectivity index (χ2n) is 4.42. The third kappa shape index (κ3) is 1.45. The lowest BCUT2D eigenvalue weighted by Crippen LogP contribution is -2.53. The van der Waals surface area contributed by atoms with Gasteiger partial charge in [0, 0.05) is 0 Å². The van der Waals surface area contributed by atoms with Crippen LogP contribution in [-0.2, 0) is 4.79 Å². The van der Waals surface area contributed by atoms with E-state index in [9.17, 15) is 19.2 Å². The van der Waals surface area contributed by atoms with Gasteiger partial charge >= 0.3 is 18.2 Å². The van der Waals surface area contributed by atoms with Crippen molar-refractivity contribution in [3.8, 4) is 0 Å². The molecule has 0 bridgehead atoms. The van der Waals surface area contributed by atoms with Crippen LogP contribution in [0.5, 0.6) is 0 Å². The monoisotopic (exact) mass is 256 g/mol. The highest BCUT2D eigenvalue weighted by molar-refractivity contribution is 6.20. The maximum Gasteiger partial charge on any atom is 0.422 e. The molecule has 0 radical (unpaired) electrons. The molecule has 2 N–H and O–H groups in total. The zero-order chi connectivity index (χ0) is 13.5. The molecule has 1 aliphatic heterocycles. The molecule has 0 aromatic carbocycles. The topological polar surface area (TPSA) is 115 Å². The smallest absolute Gasteiger partial charge is 0.422 e. The second-order valence-corrected chi connectivity index (χ2v) is 4.42. The van der Waals surface area contributed by atoms with Crippen molar-refractivity contribution in [2.45, 2.75) is 37.6 Å². The van der Waals surface area contributed by atoms with Crippen LogP contribution >= 0.6 is 0 Å². The van der Waals surface area contributed by atoms with E-state index in [0.29, 0.717) is 17.7 Å². The van der Waals surface area contributed by atoms with E-state index in [1.807, 2.05) is 0 Å². The van der Waals surface area contributed by atoms with Crippen molar-refractivity contribution in [1.82, 2.24) is 9.80 Å². The third-order valence-electron chi connectivity index (χ3n) is 3.48. The standard InChI is InChI=1S/C10H12N2O6/c13-6-10(4-2-1-3-5-10)12(9(17)18)7(14)11(6)8(15)16/h1-5H2,(H,15,16)(H,17,18). The Labute approximate surface area is 102 Å². The number of urea groups is 1. The molecular weight excluding hydrogens is 244 g/mol. The summed E-state index contributed by atoms with van der Waals surface area (Å²) in [5, 5.41) is 17.9. The van der Waals surface area contributed by atoms with Crippen molar-refractivity contribution in [2.75, 3.05) is 0 Å². The first-order valence-corrected chi connectivity index (χ1v) is 5.56. The molecular formula is C10H12N2O6. The van der Waals surface area contributed by atoms with Gasteiger partial charge in [0.15, 0.2) is 0 Å². The number of hydrogen-bond donors (Lipinski definition) is 2. The van der Waals surface area contributed by atoms with E-state index >= 15 is 0 Å². The molecule has 5 amide bonds. The van der Waals surface area contributed by atoms with E-state index in [1.54, 1.807) is 0 Å². The van der Waals surface area contributed by atoms with Gasteiger partial charge in [-0.25, -0.2) is 19.3 Å². The average molecular weight is 256 g/mol. The molecule has 2 rings (SSSR count). The summed E-state index contributed by atoms with van der Waals surface area (Å²) >= 11 is 0. The van der Waals surface area contributed by atoms with E-state index in [1.165, 1.54) is 0 Å². The van der Waals surface area contributed by atoms with Gasteiger partial charge in [-0.05, 0) is 12.8 Å². The van der Waals surface area contributed by atoms with Gasteiger partial charge in [0.2, 0.25) is 0 Å². The Kier molecular flexibility index (Phi) is 2.72. The van der Waals surface area contributed by atoms with Crippen molar-refractivity contribution in [3.63, 3.8) is 0 Å². The summed E-state index contributed by atoms with van der Waals surface area (Å²) < 4.78 is 0. The van der Waals surface area contributed by atoms with E-state index in [2.05, 4.69) is 0 Å². The Hall–Kier alpha value is -2.12. The second kappa shape index (κ2) is 3.97. The highest BCUT2D eigenvalue weighted by Gasteiger charge is 2.62. The predicted octanol–water partition coefficient (Wildman–Crippen LogP) is 1.31. The summed E-state index contributed by atoms with van der Waals surface area (Å²) in [5.41, 5.74) is -1.51. The Morgan fingerprint density at radius 1 is 1.00 bits per heavy atom. The van der Waals surface area contributed by atoms with Gasteiger partial charge in [0.25, 0.3) is 5.91 Å². The van der Waals surface area contributed by atoms with Gasteiger partial charge < -0.3 is 10.2 Å². The lowest BCUT2D eigenvalue weighted by atomic mass is 9.80. The zero-order valence-corrected chi connectivity index (χ0v) is 9.46. The van der Waals surface area contributed by atoms with Crippen molar-refractivity contribution in [2.24, 2.45) is 0 Å². The minimum absolute atomic E-state index is 0.000556. The minimum atomic E-state index is -1.74. The molecule has 98 valence electrons. The fraction of sp³-hybridized carbons (Fsp3) is 0.600. The minimum Gasteiger partial charge on any atom is -0.465 e. The Balaban J connectivity index is 2.48. The lowest BCUT2D eigenvalue weighted by Gasteiger charge is -2.34. The molecule has 8 nitrogen and oxygen atoms in total. The quantitative estimate of drug-likeness (QED) is 0.631. The first-order chi connectivity index (χ1) is 8.42. The molecule has 1 heterocycles. The number of carbonyl (C=O) groups excluding carboxylic acids is 2. The van der Waals surface area contributed by atoms with Gasteiger partial charge in [-0.15, -0.1) is 0 Å². The number of rotatable bonds is 0. The van der Waals surface area contributed by atoms with Gasteiger partial charge in [0.1, 0.15) is 5.54 Å². The van der Waals surface area contributed by atoms with Gasteiger partial charge in [0.05, 0.1) is 0 Å². The first kappa shape index (κ1) is 12.3. The highest BCUT2D eigenvalue weighted by atomic mass is 16.4. The molecule has 0 atom stereocenters. The first-order valence-electron chi connectivity index (χ1n) is 5.56. The maximum atomic E-state index is 12.1. The molecule has 2 fully saturated rings. The third-order valence-corrected chi connectivity index (χ3v) is 3.48. The van der Waals surface area contributed by atoms with E-state index in [0.717, 1.165) is 6.42 Å². The summed E-state index contributed by atoms with van der Waals surface area (Å²) in [4.78, 5) is 46.2. The zero-order valence-electron chi connectivity index (χ0n) is 9.46. The van der Waals surface area contributed by atoms with Crippen LogP contribution in [-0.4, -0.2) is 49.7 Å². The van der Waals surface area contributed by atoms with Crippen molar-refractivity contribution >= 4 is 24.1 Å². The van der Waals surface area contributed by atoms with Crippen molar-refractivity contribution < 1.29 is 29.4 Å². The van der Waals surface area contributed by atoms with E-state index in [-0.39, 0.29) is 17.7 Å². The Morgan fingerprint density at radius 3 is 2.00 bits per heavy atom. The van der Waals surface area contributed by atoms with Crippen molar-refractivity contribution in [3.05, 3.63) is 0 Å². The molecule has 1 spiro atoms. The van der Waals surface area contributed by atoms with Crippen LogP contribution in [0.4, 0.5) is 14.4 Å². The summed E-state index contributed by atoms with van der Waals surface area (Å²) in [7, 11) is 0. The summed E-state index contributed by atoms with van der Waals surface area (Å²) in [6.07, 6.45) is -0.921. The number of imide groups is 4. The molecule has 18 heavy (non-hydrogen) atoms. The van der Waals surface area contributed by atoms with Crippen molar-refractivity contribution in [1.29, 1.82) is 0 Å². The van der Waals surface area contributed by atoms with E-state index in [4.69, 9.17) is 10.2 Å². The average Bonchev–Trinajstić information content (AvgIpc) is 2.48. The molecule has 2 aliphatic rings. The predicted molar refractivity (Wildman–Crippen MR) is 55.9 cm³/mol. The molecule has 8 heteroatoms. The number of carbonyl (C=O) groups is 4. The van der Waals surface area contributed by atoms with Crippen LogP contribution in [0.25, 0.3) is 0 Å². The van der Waals surface area contributed by atoms with Crippen LogP contribution < -0.4 is 0 Å². The van der Waals surface area contributed by atoms with Crippen LogP contribution in [0.3, 0.4) is 0 Å². The molecule has 0 unspecified atom stereocenters. The number of carboxylic acid groups (broad SMARTS) is 2. The molecule has 1 saturated heterocycles. The van der Waals surface area contributed by atoms with Crippen LogP contribution in [0.2, 0.25) is 0 Å². The van der Waals surface area contributed by atoms with Crippen LogP contribution in [0.15, 0.2) is 0 Å². The molecule has 0 aromatic rings. The SMILES string of the molecule is O=C(O)N1C(=O)N(C(=O)O)C2(CCCCC2)C1=O. The summed E-state index contributed by atoms with van der Waals surface area (Å²) in [5.74, 6) is -0.942. The fourth-order valence-electron chi connectivity index (χ4n) is 2.68. The lowest BCUT2D eigenvalue weighted by molar-refractivity contribution is -0.133. The summed E-state index contributed by atoms with van der Waals surface area (Å²) in [6, 6.07) is -1.29. The molecule has 0 aromatic heterocycles. The largest absolute Gasteiger partial charge is 0.465 e. The van der Waals surface area contributed by atoms with Gasteiger partial charge in [-0.2, -0.15) is 4.90 Å². The number of nitrogens with zero attached hydrogens (tertiary/aromatic N) is 2. The molecule has 1 aliphatic carbocycles. The van der Waals surface area contributed by atoms with Crippen LogP contribution in [0.1, 0.15) is 32.1 Å². The maximum absolute atomic E-state index is 12.1. The number of amides is 5. The van der Waals surface area contributed by atoms with Gasteiger partial charge in [-0.3, -0.25) is 4.79 Å². The Morgan fingerprint density at radius 2 is 1.56 bits per heavy atom. The highest BCUT2D eigenvalue weighted by Crippen LogP contribution is 2.40. The molecule has 1 saturated carbocycles. The summed E-state index contributed by atoms with van der Waals surface area (Å²) in [6.45, 7) is 0. The van der Waals surface area contributed by atoms with Crippen LogP contribution in [0, 0.1) is 0 Å². The number of hydrogen-bond acceptors (Lipinski definition) is 4. The van der Waals surface area contributed by atoms with E-state index < -0.39 is 29.7 Å².